The first-order valence-electron chi connectivity index (χ1n) is 6.39. The Kier molecular flexibility index (Phi) is 3.71. The number of aromatic nitrogens is 2. The van der Waals surface area contributed by atoms with Gasteiger partial charge in [0.05, 0.1) is 11.4 Å². The van der Waals surface area contributed by atoms with Crippen LogP contribution in [0.3, 0.4) is 0 Å². The van der Waals surface area contributed by atoms with E-state index in [4.69, 9.17) is 0 Å². The van der Waals surface area contributed by atoms with Gasteiger partial charge in [-0.15, -0.1) is 0 Å². The summed E-state index contributed by atoms with van der Waals surface area (Å²) in [5.74, 6) is 2.49. The number of anilines is 1. The molecule has 0 radical (unpaired) electrons. The molecule has 1 aliphatic heterocycles. The summed E-state index contributed by atoms with van der Waals surface area (Å²) in [7, 11) is 1.99. The lowest BCUT2D eigenvalue weighted by molar-refractivity contribution is 0.305. The molecule has 3 nitrogen and oxygen atoms in total. The lowest BCUT2D eigenvalue weighted by atomic mass is 9.82. The van der Waals surface area contributed by atoms with E-state index in [1.807, 2.05) is 11.7 Å². The Morgan fingerprint density at radius 3 is 3.00 bits per heavy atom. The lowest BCUT2D eigenvalue weighted by Crippen LogP contribution is -2.41. The van der Waals surface area contributed by atoms with Crippen molar-refractivity contribution in [3.63, 3.8) is 0 Å². The molecule has 96 valence electrons. The minimum atomic E-state index is 0.381. The van der Waals surface area contributed by atoms with Crippen LogP contribution in [0.25, 0.3) is 0 Å². The first kappa shape index (κ1) is 12.8. The van der Waals surface area contributed by atoms with E-state index in [1.165, 1.54) is 29.3 Å². The monoisotopic (exact) mass is 253 g/mol. The van der Waals surface area contributed by atoms with Crippen LogP contribution in [-0.2, 0) is 13.5 Å². The summed E-state index contributed by atoms with van der Waals surface area (Å²) >= 11 is 2.06. The Hall–Kier alpha value is -0.640. The van der Waals surface area contributed by atoms with Crippen LogP contribution >= 0.6 is 11.8 Å². The van der Waals surface area contributed by atoms with Crippen molar-refractivity contribution in [2.24, 2.45) is 12.5 Å². The second kappa shape index (κ2) is 4.92. The molecule has 4 heteroatoms. The minimum absolute atomic E-state index is 0.381. The maximum atomic E-state index is 4.49. The molecule has 1 aromatic heterocycles. The van der Waals surface area contributed by atoms with Crippen LogP contribution in [0.4, 0.5) is 5.69 Å². The van der Waals surface area contributed by atoms with E-state index in [1.54, 1.807) is 0 Å². The third-order valence-corrected chi connectivity index (χ3v) is 4.75. The van der Waals surface area contributed by atoms with Gasteiger partial charge in [0.25, 0.3) is 0 Å². The molecule has 0 saturated carbocycles. The zero-order valence-corrected chi connectivity index (χ0v) is 12.1. The molecule has 1 N–H and O–H groups in total. The number of nitrogens with zero attached hydrogens (tertiary/aromatic N) is 2. The van der Waals surface area contributed by atoms with Gasteiger partial charge in [-0.25, -0.2) is 0 Å². The molecule has 1 atom stereocenters. The predicted octanol–water partition coefficient (Wildman–Crippen LogP) is 2.93. The van der Waals surface area contributed by atoms with E-state index in [2.05, 4.69) is 49.1 Å². The molecular formula is C13H23N3S. The Morgan fingerprint density at radius 1 is 1.59 bits per heavy atom. The van der Waals surface area contributed by atoms with Crippen molar-refractivity contribution >= 4 is 17.4 Å². The zero-order chi connectivity index (χ0) is 12.5. The highest BCUT2D eigenvalue weighted by molar-refractivity contribution is 7.99. The summed E-state index contributed by atoms with van der Waals surface area (Å²) < 4.78 is 1.91. The number of aryl methyl sites for hydroxylation is 2. The smallest absolute Gasteiger partial charge is 0.0853 e. The van der Waals surface area contributed by atoms with Crippen LogP contribution < -0.4 is 5.32 Å². The van der Waals surface area contributed by atoms with Crippen molar-refractivity contribution in [3.8, 4) is 0 Å². The molecule has 0 spiro atoms. The van der Waals surface area contributed by atoms with Gasteiger partial charge in [-0.1, -0.05) is 20.8 Å². The molecule has 0 bridgehead atoms. The van der Waals surface area contributed by atoms with E-state index < -0.39 is 0 Å². The minimum Gasteiger partial charge on any atom is -0.378 e. The van der Waals surface area contributed by atoms with E-state index in [0.29, 0.717) is 11.5 Å². The summed E-state index contributed by atoms with van der Waals surface area (Å²) in [4.78, 5) is 0. The van der Waals surface area contributed by atoms with Gasteiger partial charge in [-0.05, 0) is 24.0 Å². The summed E-state index contributed by atoms with van der Waals surface area (Å²) in [5.41, 5.74) is 2.78. The van der Waals surface area contributed by atoms with Gasteiger partial charge in [-0.3, -0.25) is 4.68 Å². The molecule has 1 aliphatic rings. The fraction of sp³-hybridized carbons (Fsp3) is 0.769. The van der Waals surface area contributed by atoms with E-state index in [-0.39, 0.29) is 0 Å². The highest BCUT2D eigenvalue weighted by Gasteiger charge is 2.33. The second-order valence-electron chi connectivity index (χ2n) is 5.53. The Balaban J connectivity index is 2.13. The fourth-order valence-electron chi connectivity index (χ4n) is 2.28. The molecule has 1 aromatic rings. The summed E-state index contributed by atoms with van der Waals surface area (Å²) in [6.07, 6.45) is 4.38. The average molecular weight is 253 g/mol. The SMILES string of the molecule is CCc1nn(C)cc1NC1CSCCC1(C)C. The molecule has 0 amide bonds. The molecule has 17 heavy (non-hydrogen) atoms. The molecule has 0 aromatic carbocycles. The number of rotatable bonds is 3. The molecule has 1 fully saturated rings. The van der Waals surface area contributed by atoms with Crippen LogP contribution in [0.5, 0.6) is 0 Å². The zero-order valence-electron chi connectivity index (χ0n) is 11.3. The summed E-state index contributed by atoms with van der Waals surface area (Å²) in [6.45, 7) is 6.90. The maximum Gasteiger partial charge on any atom is 0.0853 e. The summed E-state index contributed by atoms with van der Waals surface area (Å²) in [5, 5.41) is 8.20. The first-order valence-corrected chi connectivity index (χ1v) is 7.55. The van der Waals surface area contributed by atoms with Crippen molar-refractivity contribution in [3.05, 3.63) is 11.9 Å². The van der Waals surface area contributed by atoms with Crippen LogP contribution in [0.1, 0.15) is 32.9 Å². The standard InChI is InChI=1S/C13H23N3S/c1-5-10-11(8-16(4)15-10)14-12-9-17-7-6-13(12,2)3/h8,12,14H,5-7,9H2,1-4H3. The van der Waals surface area contributed by atoms with Crippen LogP contribution in [0, 0.1) is 5.41 Å². The first-order chi connectivity index (χ1) is 8.03. The number of hydrogen-bond donors (Lipinski definition) is 1. The van der Waals surface area contributed by atoms with Crippen molar-refractivity contribution < 1.29 is 0 Å². The lowest BCUT2D eigenvalue weighted by Gasteiger charge is -2.39. The molecule has 2 heterocycles. The Labute approximate surface area is 108 Å². The number of thioether (sulfide) groups is 1. The van der Waals surface area contributed by atoms with E-state index in [0.717, 1.165) is 6.42 Å². The second-order valence-corrected chi connectivity index (χ2v) is 6.68. The van der Waals surface area contributed by atoms with Gasteiger partial charge in [0.1, 0.15) is 0 Å². The topological polar surface area (TPSA) is 29.9 Å². The normalized spacial score (nSPS) is 23.6. The average Bonchev–Trinajstić information content (AvgIpc) is 2.62. The van der Waals surface area contributed by atoms with Gasteiger partial charge in [0.15, 0.2) is 0 Å². The van der Waals surface area contributed by atoms with Gasteiger partial charge in [0.2, 0.25) is 0 Å². The summed E-state index contributed by atoms with van der Waals surface area (Å²) in [6, 6.07) is 0.552. The predicted molar refractivity (Wildman–Crippen MR) is 75.7 cm³/mol. The van der Waals surface area contributed by atoms with Crippen molar-refractivity contribution in [1.82, 2.24) is 9.78 Å². The van der Waals surface area contributed by atoms with Gasteiger partial charge in [0, 0.05) is 25.0 Å². The third-order valence-electron chi connectivity index (χ3n) is 3.69. The Bertz CT molecular complexity index is 384. The molecule has 2 rings (SSSR count). The fourth-order valence-corrected chi connectivity index (χ4v) is 3.88. The van der Waals surface area contributed by atoms with E-state index in [9.17, 15) is 0 Å². The largest absolute Gasteiger partial charge is 0.378 e. The van der Waals surface area contributed by atoms with Crippen molar-refractivity contribution in [1.29, 1.82) is 0 Å². The third kappa shape index (κ3) is 2.79. The molecule has 0 aliphatic carbocycles. The van der Waals surface area contributed by atoms with Gasteiger partial charge >= 0.3 is 0 Å². The maximum absolute atomic E-state index is 4.49. The number of hydrogen-bond acceptors (Lipinski definition) is 3. The quantitative estimate of drug-likeness (QED) is 0.898. The van der Waals surface area contributed by atoms with Crippen LogP contribution in [-0.4, -0.2) is 27.3 Å². The number of nitrogens with one attached hydrogen (secondary N) is 1. The van der Waals surface area contributed by atoms with Crippen molar-refractivity contribution in [2.75, 3.05) is 16.8 Å². The highest BCUT2D eigenvalue weighted by atomic mass is 32.2. The highest BCUT2D eigenvalue weighted by Crippen LogP contribution is 2.36. The van der Waals surface area contributed by atoms with Crippen LogP contribution in [0.15, 0.2) is 6.20 Å². The van der Waals surface area contributed by atoms with Gasteiger partial charge < -0.3 is 5.32 Å². The molecule has 1 saturated heterocycles. The van der Waals surface area contributed by atoms with Crippen LogP contribution in [0.2, 0.25) is 0 Å². The van der Waals surface area contributed by atoms with E-state index >= 15 is 0 Å². The Morgan fingerprint density at radius 2 is 2.35 bits per heavy atom. The van der Waals surface area contributed by atoms with Crippen molar-refractivity contribution in [2.45, 2.75) is 39.7 Å². The van der Waals surface area contributed by atoms with Gasteiger partial charge in [-0.2, -0.15) is 16.9 Å². The molecular weight excluding hydrogens is 230 g/mol. The molecule has 1 unspecified atom stereocenters.